The number of hydrogen-bond acceptors (Lipinski definition) is 4. The normalized spacial score (nSPS) is 12.6. The fourth-order valence-corrected chi connectivity index (χ4v) is 2.40. The fourth-order valence-electron chi connectivity index (χ4n) is 2.40. The summed E-state index contributed by atoms with van der Waals surface area (Å²) in [6.45, 7) is 10.6. The van der Waals surface area contributed by atoms with Crippen LogP contribution in [-0.4, -0.2) is 38.7 Å². The Morgan fingerprint density at radius 3 is 2.44 bits per heavy atom. The zero-order valence-corrected chi connectivity index (χ0v) is 17.4. The van der Waals surface area contributed by atoms with Crippen molar-refractivity contribution in [1.82, 2.24) is 10.6 Å². The van der Waals surface area contributed by atoms with Crippen molar-refractivity contribution >= 4 is 11.9 Å². The Kier molecular flexibility index (Phi) is 11.0. The van der Waals surface area contributed by atoms with E-state index in [1.54, 1.807) is 0 Å². The highest BCUT2D eigenvalue weighted by molar-refractivity contribution is 5.80. The van der Waals surface area contributed by atoms with Gasteiger partial charge in [-0.15, -0.1) is 0 Å². The van der Waals surface area contributed by atoms with Gasteiger partial charge < -0.3 is 20.1 Å². The molecule has 0 aliphatic rings. The molecule has 0 bridgehead atoms. The molecular formula is C21H35N3O3. The minimum Gasteiger partial charge on any atom is -0.493 e. The van der Waals surface area contributed by atoms with Crippen LogP contribution in [0, 0.1) is 5.92 Å². The molecule has 27 heavy (non-hydrogen) atoms. The molecule has 0 fully saturated rings. The second-order valence-corrected chi connectivity index (χ2v) is 6.93. The topological polar surface area (TPSA) is 72.0 Å². The number of benzene rings is 1. The monoisotopic (exact) mass is 377 g/mol. The molecule has 0 aliphatic carbocycles. The molecule has 0 spiro atoms. The zero-order valence-electron chi connectivity index (χ0n) is 17.4. The van der Waals surface area contributed by atoms with Gasteiger partial charge in [0.25, 0.3) is 0 Å². The van der Waals surface area contributed by atoms with E-state index in [-0.39, 0.29) is 12.0 Å². The third kappa shape index (κ3) is 9.87. The highest BCUT2D eigenvalue weighted by atomic mass is 16.5. The van der Waals surface area contributed by atoms with Crippen molar-refractivity contribution < 1.29 is 14.3 Å². The molecule has 0 heterocycles. The first kappa shape index (κ1) is 22.8. The summed E-state index contributed by atoms with van der Waals surface area (Å²) >= 11 is 0. The summed E-state index contributed by atoms with van der Waals surface area (Å²) < 4.78 is 10.4. The van der Waals surface area contributed by atoms with Crippen molar-refractivity contribution in [3.63, 3.8) is 0 Å². The van der Waals surface area contributed by atoms with Gasteiger partial charge in [-0.3, -0.25) is 9.79 Å². The lowest BCUT2D eigenvalue weighted by atomic mass is 10.1. The highest BCUT2D eigenvalue weighted by Gasteiger charge is 2.08. The van der Waals surface area contributed by atoms with Crippen LogP contribution in [0.5, 0.6) is 5.75 Å². The number of nitrogens with one attached hydrogen (secondary N) is 2. The molecular weight excluding hydrogens is 342 g/mol. The molecule has 1 unspecified atom stereocenters. The van der Waals surface area contributed by atoms with Gasteiger partial charge >= 0.3 is 5.97 Å². The van der Waals surface area contributed by atoms with Crippen LogP contribution >= 0.6 is 0 Å². The predicted molar refractivity (Wildman–Crippen MR) is 110 cm³/mol. The van der Waals surface area contributed by atoms with E-state index >= 15 is 0 Å². The van der Waals surface area contributed by atoms with Crippen molar-refractivity contribution in [3.05, 3.63) is 29.8 Å². The van der Waals surface area contributed by atoms with E-state index in [0.29, 0.717) is 18.9 Å². The summed E-state index contributed by atoms with van der Waals surface area (Å²) in [5.41, 5.74) is 1.17. The summed E-state index contributed by atoms with van der Waals surface area (Å²) in [4.78, 5) is 15.7. The van der Waals surface area contributed by atoms with Gasteiger partial charge in [-0.1, -0.05) is 26.0 Å². The van der Waals surface area contributed by atoms with Crippen molar-refractivity contribution in [2.45, 2.75) is 53.0 Å². The summed E-state index contributed by atoms with van der Waals surface area (Å²) in [6.07, 6.45) is 2.07. The molecule has 1 aromatic carbocycles. The Balaban J connectivity index is 2.52. The first-order chi connectivity index (χ1) is 13.0. The number of aliphatic imine (C=N–C) groups is 1. The van der Waals surface area contributed by atoms with Crippen LogP contribution in [0.25, 0.3) is 0 Å². The number of hydrogen-bond donors (Lipinski definition) is 2. The number of carbonyl (C=O) groups is 1. The van der Waals surface area contributed by atoms with Gasteiger partial charge in [0.05, 0.1) is 19.8 Å². The quantitative estimate of drug-likeness (QED) is 0.266. The Bertz CT molecular complexity index is 571. The van der Waals surface area contributed by atoms with Crippen molar-refractivity contribution in [2.24, 2.45) is 10.9 Å². The molecule has 0 saturated carbocycles. The van der Waals surface area contributed by atoms with Gasteiger partial charge in [-0.25, -0.2) is 0 Å². The average Bonchev–Trinajstić information content (AvgIpc) is 2.66. The van der Waals surface area contributed by atoms with E-state index in [0.717, 1.165) is 37.7 Å². The number of guanidine groups is 1. The Labute approximate surface area is 163 Å². The maximum Gasteiger partial charge on any atom is 0.305 e. The molecule has 0 aromatic heterocycles. The summed E-state index contributed by atoms with van der Waals surface area (Å²) in [7, 11) is 1.41. The van der Waals surface area contributed by atoms with E-state index in [1.807, 2.05) is 19.1 Å². The van der Waals surface area contributed by atoms with Crippen molar-refractivity contribution in [1.29, 1.82) is 0 Å². The standard InChI is InChI=1S/C21H35N3O3/c1-6-22-21(23-14-8-7-9-20(25)26-5)24-17(4)18-10-12-19(13-11-18)27-15-16(2)3/h10-13,16-17H,6-9,14-15H2,1-5H3,(H2,22,23,24). The van der Waals surface area contributed by atoms with Gasteiger partial charge in [0.2, 0.25) is 0 Å². The summed E-state index contributed by atoms with van der Waals surface area (Å²) in [5.74, 6) is 2.02. The number of unbranched alkanes of at least 4 members (excludes halogenated alkanes) is 1. The van der Waals surface area contributed by atoms with Crippen LogP contribution in [0.15, 0.2) is 29.3 Å². The second kappa shape index (κ2) is 13.0. The molecule has 1 rings (SSSR count). The number of nitrogens with zero attached hydrogens (tertiary/aromatic N) is 1. The lowest BCUT2D eigenvalue weighted by Gasteiger charge is -2.18. The van der Waals surface area contributed by atoms with Gasteiger partial charge in [0.1, 0.15) is 5.75 Å². The molecule has 0 aliphatic heterocycles. The van der Waals surface area contributed by atoms with Crippen LogP contribution in [-0.2, 0) is 9.53 Å². The van der Waals surface area contributed by atoms with Crippen LogP contribution < -0.4 is 15.4 Å². The second-order valence-electron chi connectivity index (χ2n) is 6.93. The van der Waals surface area contributed by atoms with Crippen molar-refractivity contribution in [3.8, 4) is 5.75 Å². The van der Waals surface area contributed by atoms with Gasteiger partial charge in [-0.05, 0) is 50.3 Å². The summed E-state index contributed by atoms with van der Waals surface area (Å²) in [5, 5.41) is 6.68. The number of methoxy groups -OCH3 is 1. The Hall–Kier alpha value is -2.24. The third-order valence-corrected chi connectivity index (χ3v) is 3.95. The van der Waals surface area contributed by atoms with Gasteiger partial charge in [0.15, 0.2) is 5.96 Å². The van der Waals surface area contributed by atoms with Crippen LogP contribution in [0.1, 0.15) is 58.6 Å². The van der Waals surface area contributed by atoms with Gasteiger partial charge in [0, 0.05) is 19.5 Å². The first-order valence-electron chi connectivity index (χ1n) is 9.80. The first-order valence-corrected chi connectivity index (χ1v) is 9.80. The molecule has 0 saturated heterocycles. The molecule has 6 nitrogen and oxygen atoms in total. The number of ether oxygens (including phenoxy) is 2. The number of esters is 1. The zero-order chi connectivity index (χ0) is 20.1. The minimum absolute atomic E-state index is 0.122. The van der Waals surface area contributed by atoms with Crippen LogP contribution in [0.3, 0.4) is 0 Å². The molecule has 6 heteroatoms. The molecule has 1 aromatic rings. The largest absolute Gasteiger partial charge is 0.493 e. The van der Waals surface area contributed by atoms with Gasteiger partial charge in [-0.2, -0.15) is 0 Å². The Morgan fingerprint density at radius 2 is 1.85 bits per heavy atom. The van der Waals surface area contributed by atoms with E-state index in [4.69, 9.17) is 4.74 Å². The maximum atomic E-state index is 11.1. The minimum atomic E-state index is -0.168. The molecule has 152 valence electrons. The molecule has 0 radical (unpaired) electrons. The van der Waals surface area contributed by atoms with E-state index in [9.17, 15) is 4.79 Å². The smallest absolute Gasteiger partial charge is 0.305 e. The van der Waals surface area contributed by atoms with E-state index in [2.05, 4.69) is 53.3 Å². The lowest BCUT2D eigenvalue weighted by Crippen LogP contribution is -2.38. The maximum absolute atomic E-state index is 11.1. The van der Waals surface area contributed by atoms with Crippen LogP contribution in [0.2, 0.25) is 0 Å². The predicted octanol–water partition coefficient (Wildman–Crippen LogP) is 3.68. The van der Waals surface area contributed by atoms with E-state index < -0.39 is 0 Å². The summed E-state index contributed by atoms with van der Waals surface area (Å²) in [6, 6.07) is 8.29. The number of rotatable bonds is 11. The average molecular weight is 378 g/mol. The lowest BCUT2D eigenvalue weighted by molar-refractivity contribution is -0.140. The molecule has 1 atom stereocenters. The fraction of sp³-hybridized carbons (Fsp3) is 0.619. The van der Waals surface area contributed by atoms with E-state index in [1.165, 1.54) is 12.7 Å². The molecule has 0 amide bonds. The number of carbonyl (C=O) groups excluding carboxylic acids is 1. The highest BCUT2D eigenvalue weighted by Crippen LogP contribution is 2.18. The third-order valence-electron chi connectivity index (χ3n) is 3.95. The van der Waals surface area contributed by atoms with Crippen molar-refractivity contribution in [2.75, 3.05) is 26.8 Å². The van der Waals surface area contributed by atoms with Crippen LogP contribution in [0.4, 0.5) is 0 Å². The molecule has 2 N–H and O–H groups in total. The Morgan fingerprint density at radius 1 is 1.15 bits per heavy atom. The SMILES string of the molecule is CCNC(=NCCCCC(=O)OC)NC(C)c1ccc(OCC(C)C)cc1.